The summed E-state index contributed by atoms with van der Waals surface area (Å²) in [5.74, 6) is -0.473. The molecule has 14 heavy (non-hydrogen) atoms. The lowest BCUT2D eigenvalue weighted by atomic mass is 10.3. The molecule has 1 aromatic heterocycles. The second-order valence-electron chi connectivity index (χ2n) is 2.51. The van der Waals surface area contributed by atoms with Gasteiger partial charge in [0.1, 0.15) is 9.32 Å². The van der Waals surface area contributed by atoms with Gasteiger partial charge in [-0.05, 0) is 29.5 Å². The number of aromatic nitrogens is 1. The number of alkyl halides is 3. The van der Waals surface area contributed by atoms with E-state index in [-0.39, 0.29) is 3.57 Å². The molecule has 1 heterocycles. The second kappa shape index (κ2) is 3.79. The Hall–Kier alpha value is -0.730. The molecule has 0 atom stereocenters. The first-order chi connectivity index (χ1) is 6.29. The van der Waals surface area contributed by atoms with E-state index in [1.165, 1.54) is 29.5 Å². The van der Waals surface area contributed by atoms with Crippen molar-refractivity contribution in [2.24, 2.45) is 0 Å². The maximum atomic E-state index is 11.8. The van der Waals surface area contributed by atoms with Crippen LogP contribution < -0.4 is 10.3 Å². The minimum absolute atomic E-state index is 0.120. The zero-order valence-corrected chi connectivity index (χ0v) is 9.06. The number of aryl methyl sites for hydroxylation is 1. The Labute approximate surface area is 90.4 Å². The first-order valence-corrected chi connectivity index (χ1v) is 4.52. The van der Waals surface area contributed by atoms with Crippen molar-refractivity contribution in [1.82, 2.24) is 4.98 Å². The third kappa shape index (κ3) is 2.89. The van der Waals surface area contributed by atoms with Gasteiger partial charge in [-0.1, -0.05) is 0 Å². The average Bonchev–Trinajstić information content (AvgIpc) is 1.96. The van der Waals surface area contributed by atoms with Gasteiger partial charge in [0, 0.05) is 11.8 Å². The van der Waals surface area contributed by atoms with Crippen molar-refractivity contribution in [3.63, 3.8) is 0 Å². The van der Waals surface area contributed by atoms with Crippen LogP contribution in [0, 0.1) is 10.5 Å². The van der Waals surface area contributed by atoms with Crippen LogP contribution in [0.2, 0.25) is 0 Å². The largest absolute Gasteiger partial charge is 0.573 e. The molecule has 0 aromatic carbocycles. The number of ether oxygens (including phenoxy) is 1. The average molecular weight is 319 g/mol. The molecule has 1 N–H and O–H groups in total. The summed E-state index contributed by atoms with van der Waals surface area (Å²) in [4.78, 5) is 13.4. The summed E-state index contributed by atoms with van der Waals surface area (Å²) in [7, 11) is 0. The summed E-state index contributed by atoms with van der Waals surface area (Å²) in [6, 6.07) is 1.12. The Morgan fingerprint density at radius 1 is 1.50 bits per heavy atom. The minimum atomic E-state index is -4.78. The highest BCUT2D eigenvalue weighted by molar-refractivity contribution is 14.1. The first-order valence-electron chi connectivity index (χ1n) is 3.45. The lowest BCUT2D eigenvalue weighted by molar-refractivity contribution is -0.275. The van der Waals surface area contributed by atoms with E-state index >= 15 is 0 Å². The van der Waals surface area contributed by atoms with Gasteiger partial charge in [-0.3, -0.25) is 4.79 Å². The zero-order chi connectivity index (χ0) is 10.9. The topological polar surface area (TPSA) is 42.1 Å². The Bertz CT molecular complexity index is 399. The molecule has 1 rings (SSSR count). The maximum absolute atomic E-state index is 11.8. The number of hydrogen-bond acceptors (Lipinski definition) is 2. The first kappa shape index (κ1) is 11.3. The van der Waals surface area contributed by atoms with E-state index in [1.54, 1.807) is 0 Å². The molecular formula is C7H5F3INO2. The monoisotopic (exact) mass is 319 g/mol. The van der Waals surface area contributed by atoms with E-state index < -0.39 is 17.7 Å². The van der Waals surface area contributed by atoms with Crippen molar-refractivity contribution in [2.45, 2.75) is 13.3 Å². The van der Waals surface area contributed by atoms with Crippen LogP contribution in [0.3, 0.4) is 0 Å². The molecule has 0 aliphatic rings. The van der Waals surface area contributed by atoms with Crippen LogP contribution in [0.15, 0.2) is 10.9 Å². The van der Waals surface area contributed by atoms with Gasteiger partial charge in [0.2, 0.25) is 0 Å². The molecule has 1 aromatic rings. The second-order valence-corrected chi connectivity index (χ2v) is 3.59. The van der Waals surface area contributed by atoms with Crippen molar-refractivity contribution in [3.05, 3.63) is 25.7 Å². The van der Waals surface area contributed by atoms with E-state index in [9.17, 15) is 18.0 Å². The third-order valence-electron chi connectivity index (χ3n) is 1.30. The van der Waals surface area contributed by atoms with E-state index in [0.717, 1.165) is 6.07 Å². The van der Waals surface area contributed by atoms with Crippen LogP contribution in [0.4, 0.5) is 13.2 Å². The summed E-state index contributed by atoms with van der Waals surface area (Å²) >= 11 is 1.49. The SMILES string of the molecule is Cc1cc(OC(F)(F)F)c(I)c(=O)[nH]1. The van der Waals surface area contributed by atoms with Crippen LogP contribution in [0.1, 0.15) is 5.69 Å². The molecule has 0 aliphatic carbocycles. The predicted octanol–water partition coefficient (Wildman–Crippen LogP) is 2.19. The molecule has 0 radical (unpaired) electrons. The smallest absolute Gasteiger partial charge is 0.404 e. The van der Waals surface area contributed by atoms with Crippen LogP contribution in [-0.4, -0.2) is 11.3 Å². The quantitative estimate of drug-likeness (QED) is 0.806. The lowest BCUT2D eigenvalue weighted by Gasteiger charge is -2.10. The molecular weight excluding hydrogens is 314 g/mol. The Kier molecular flexibility index (Phi) is 3.07. The fraction of sp³-hybridized carbons (Fsp3) is 0.286. The van der Waals surface area contributed by atoms with Crippen LogP contribution >= 0.6 is 22.6 Å². The van der Waals surface area contributed by atoms with E-state index in [1.807, 2.05) is 0 Å². The number of rotatable bonds is 1. The molecule has 0 saturated carbocycles. The number of nitrogens with one attached hydrogen (secondary N) is 1. The van der Waals surface area contributed by atoms with E-state index in [0.29, 0.717) is 5.69 Å². The Morgan fingerprint density at radius 3 is 2.57 bits per heavy atom. The van der Waals surface area contributed by atoms with Crippen LogP contribution in [-0.2, 0) is 0 Å². The Balaban J connectivity index is 3.15. The molecule has 0 saturated heterocycles. The van der Waals surface area contributed by atoms with Crippen molar-refractivity contribution < 1.29 is 17.9 Å². The highest BCUT2D eigenvalue weighted by Crippen LogP contribution is 2.25. The normalized spacial score (nSPS) is 11.5. The van der Waals surface area contributed by atoms with E-state index in [2.05, 4.69) is 9.72 Å². The van der Waals surface area contributed by atoms with Crippen LogP contribution in [0.25, 0.3) is 0 Å². The van der Waals surface area contributed by atoms with E-state index in [4.69, 9.17) is 0 Å². The maximum Gasteiger partial charge on any atom is 0.573 e. The molecule has 0 spiro atoms. The predicted molar refractivity (Wildman–Crippen MR) is 51.2 cm³/mol. The fourth-order valence-corrected chi connectivity index (χ4v) is 1.24. The summed E-state index contributed by atoms with van der Waals surface area (Å²) in [5, 5.41) is 0. The molecule has 0 fully saturated rings. The molecule has 3 nitrogen and oxygen atoms in total. The van der Waals surface area contributed by atoms with Gasteiger partial charge in [-0.15, -0.1) is 13.2 Å². The van der Waals surface area contributed by atoms with Gasteiger partial charge < -0.3 is 9.72 Å². The van der Waals surface area contributed by atoms with Gasteiger partial charge in [0.15, 0.2) is 0 Å². The molecule has 7 heteroatoms. The molecule has 0 aliphatic heterocycles. The third-order valence-corrected chi connectivity index (χ3v) is 2.32. The zero-order valence-electron chi connectivity index (χ0n) is 6.91. The highest BCUT2D eigenvalue weighted by Gasteiger charge is 2.32. The summed E-state index contributed by atoms with van der Waals surface area (Å²) in [6.07, 6.45) is -4.78. The standard InChI is InChI=1S/C7H5F3INO2/c1-3-2-4(14-7(8,9)10)5(11)6(13)12-3/h2H,1H3,(H,12,13). The number of aromatic amines is 1. The van der Waals surface area contributed by atoms with Gasteiger partial charge in [0.05, 0.1) is 0 Å². The van der Waals surface area contributed by atoms with Crippen molar-refractivity contribution in [3.8, 4) is 5.75 Å². The van der Waals surface area contributed by atoms with Crippen molar-refractivity contribution in [1.29, 1.82) is 0 Å². The van der Waals surface area contributed by atoms with Crippen molar-refractivity contribution >= 4 is 22.6 Å². The number of halogens is 4. The van der Waals surface area contributed by atoms with Gasteiger partial charge in [-0.2, -0.15) is 0 Å². The molecule has 0 amide bonds. The lowest BCUT2D eigenvalue weighted by Crippen LogP contribution is -2.21. The summed E-state index contributed by atoms with van der Waals surface area (Å²) in [5.41, 5.74) is -0.278. The van der Waals surface area contributed by atoms with Gasteiger partial charge >= 0.3 is 6.36 Å². The fourth-order valence-electron chi connectivity index (χ4n) is 0.841. The van der Waals surface area contributed by atoms with Crippen molar-refractivity contribution in [2.75, 3.05) is 0 Å². The number of H-pyrrole nitrogens is 1. The molecule has 0 bridgehead atoms. The number of hydrogen-bond donors (Lipinski definition) is 1. The number of pyridine rings is 1. The molecule has 78 valence electrons. The summed E-state index contributed by atoms with van der Waals surface area (Å²) < 4.78 is 39.1. The molecule has 0 unspecified atom stereocenters. The van der Waals surface area contributed by atoms with Gasteiger partial charge in [-0.25, -0.2) is 0 Å². The highest BCUT2D eigenvalue weighted by atomic mass is 127. The summed E-state index contributed by atoms with van der Waals surface area (Å²) in [6.45, 7) is 1.47. The minimum Gasteiger partial charge on any atom is -0.404 e. The Morgan fingerprint density at radius 2 is 2.07 bits per heavy atom. The van der Waals surface area contributed by atoms with Crippen LogP contribution in [0.5, 0.6) is 5.75 Å². The van der Waals surface area contributed by atoms with Gasteiger partial charge in [0.25, 0.3) is 5.56 Å².